The Kier molecular flexibility index (Phi) is 5.98. The number of nitrogens with one attached hydrogen (secondary N) is 2. The van der Waals surface area contributed by atoms with Crippen LogP contribution >= 0.6 is 0 Å². The molecule has 0 aromatic heterocycles. The molecule has 0 saturated carbocycles. The maximum Gasteiger partial charge on any atom is 0.319 e. The van der Waals surface area contributed by atoms with Crippen LogP contribution in [-0.4, -0.2) is 39.2 Å². The fourth-order valence-corrected chi connectivity index (χ4v) is 3.08. The van der Waals surface area contributed by atoms with E-state index in [2.05, 4.69) is 10.6 Å². The molecule has 0 unspecified atom stereocenters. The molecule has 2 N–H and O–H groups in total. The zero-order valence-corrected chi connectivity index (χ0v) is 15.7. The molecule has 2 aromatic carbocycles. The van der Waals surface area contributed by atoms with Gasteiger partial charge in [0, 0.05) is 55.0 Å². The van der Waals surface area contributed by atoms with Crippen LogP contribution in [0.4, 0.5) is 20.6 Å². The number of carbonyl (C=O) groups excluding carboxylic acids is 2. The summed E-state index contributed by atoms with van der Waals surface area (Å²) in [5.41, 5.74) is 1.19. The first-order valence-corrected chi connectivity index (χ1v) is 8.82. The minimum Gasteiger partial charge on any atom is -0.497 e. The first kappa shape index (κ1) is 19.5. The fraction of sp³-hybridized carbons (Fsp3) is 0.300. The molecule has 148 valence electrons. The van der Waals surface area contributed by atoms with Gasteiger partial charge in [-0.1, -0.05) is 0 Å². The lowest BCUT2D eigenvalue weighted by Gasteiger charge is -2.17. The van der Waals surface area contributed by atoms with Crippen molar-refractivity contribution in [3.05, 3.63) is 48.3 Å². The Morgan fingerprint density at radius 3 is 2.39 bits per heavy atom. The lowest BCUT2D eigenvalue weighted by molar-refractivity contribution is -0.117. The number of hydrogen-bond acceptors (Lipinski definition) is 4. The number of nitrogens with zero attached hydrogens (tertiary/aromatic N) is 1. The Bertz CT molecular complexity index is 835. The molecule has 0 spiro atoms. The minimum atomic E-state index is -0.386. The Morgan fingerprint density at radius 2 is 1.79 bits per heavy atom. The summed E-state index contributed by atoms with van der Waals surface area (Å²) in [7, 11) is 3.06. The first-order chi connectivity index (χ1) is 13.5. The van der Waals surface area contributed by atoms with Gasteiger partial charge >= 0.3 is 6.03 Å². The van der Waals surface area contributed by atoms with E-state index in [-0.39, 0.29) is 23.7 Å². The van der Waals surface area contributed by atoms with E-state index in [4.69, 9.17) is 9.47 Å². The van der Waals surface area contributed by atoms with Crippen LogP contribution in [0.3, 0.4) is 0 Å². The highest BCUT2D eigenvalue weighted by Gasteiger charge is 2.30. The molecule has 3 rings (SSSR count). The quantitative estimate of drug-likeness (QED) is 0.799. The second-order valence-electron chi connectivity index (χ2n) is 6.49. The summed E-state index contributed by atoms with van der Waals surface area (Å²) in [6.07, 6.45) is 0.324. The van der Waals surface area contributed by atoms with Gasteiger partial charge in [-0.25, -0.2) is 9.18 Å². The van der Waals surface area contributed by atoms with Crippen LogP contribution in [0.15, 0.2) is 42.5 Å². The number of rotatable bonds is 6. The molecule has 0 aliphatic carbocycles. The van der Waals surface area contributed by atoms with Gasteiger partial charge in [0.15, 0.2) is 0 Å². The van der Waals surface area contributed by atoms with Crippen molar-refractivity contribution in [2.24, 2.45) is 5.92 Å². The highest BCUT2D eigenvalue weighted by Crippen LogP contribution is 2.26. The smallest absolute Gasteiger partial charge is 0.319 e. The second-order valence-corrected chi connectivity index (χ2v) is 6.49. The van der Waals surface area contributed by atoms with Crippen molar-refractivity contribution < 1.29 is 23.5 Å². The predicted octanol–water partition coefficient (Wildman–Crippen LogP) is 3.02. The summed E-state index contributed by atoms with van der Waals surface area (Å²) in [5, 5.41) is 5.50. The number of carbonyl (C=O) groups is 2. The van der Waals surface area contributed by atoms with E-state index in [1.54, 1.807) is 35.2 Å². The third-order valence-electron chi connectivity index (χ3n) is 4.50. The Hall–Kier alpha value is -3.29. The summed E-state index contributed by atoms with van der Waals surface area (Å²) in [4.78, 5) is 26.0. The van der Waals surface area contributed by atoms with E-state index >= 15 is 0 Å². The van der Waals surface area contributed by atoms with Crippen molar-refractivity contribution in [2.45, 2.75) is 6.42 Å². The molecule has 1 fully saturated rings. The van der Waals surface area contributed by atoms with Crippen LogP contribution in [0.2, 0.25) is 0 Å². The van der Waals surface area contributed by atoms with Crippen molar-refractivity contribution in [3.63, 3.8) is 0 Å². The molecule has 8 heteroatoms. The van der Waals surface area contributed by atoms with Crippen LogP contribution < -0.4 is 25.0 Å². The largest absolute Gasteiger partial charge is 0.497 e. The molecule has 3 amide bonds. The zero-order valence-electron chi connectivity index (χ0n) is 15.7. The summed E-state index contributed by atoms with van der Waals surface area (Å²) < 4.78 is 23.4. The number of hydrogen-bond donors (Lipinski definition) is 2. The van der Waals surface area contributed by atoms with Gasteiger partial charge in [-0.2, -0.15) is 0 Å². The van der Waals surface area contributed by atoms with E-state index in [1.807, 2.05) is 0 Å². The average molecular weight is 387 g/mol. The van der Waals surface area contributed by atoms with Gasteiger partial charge in [0.2, 0.25) is 5.91 Å². The summed E-state index contributed by atoms with van der Waals surface area (Å²) in [5.74, 6) is 0.705. The van der Waals surface area contributed by atoms with E-state index in [0.717, 1.165) is 0 Å². The Balaban J connectivity index is 1.54. The first-order valence-electron chi connectivity index (χ1n) is 8.82. The standard InChI is InChI=1S/C20H22FN3O4/c1-27-17-8-15(9-18(10-17)28-2)23-20(26)22-11-13-7-19(25)24(12-13)16-5-3-14(21)4-6-16/h3-6,8-10,13H,7,11-12H2,1-2H3,(H2,22,23,26)/t13-/m1/s1. The van der Waals surface area contributed by atoms with Crippen LogP contribution in [0, 0.1) is 11.7 Å². The number of ether oxygens (including phenoxy) is 2. The number of methoxy groups -OCH3 is 2. The fourth-order valence-electron chi connectivity index (χ4n) is 3.08. The third kappa shape index (κ3) is 4.70. The van der Waals surface area contributed by atoms with Gasteiger partial charge in [0.1, 0.15) is 17.3 Å². The van der Waals surface area contributed by atoms with Gasteiger partial charge < -0.3 is 25.0 Å². The van der Waals surface area contributed by atoms with Gasteiger partial charge in [-0.3, -0.25) is 4.79 Å². The lowest BCUT2D eigenvalue weighted by Crippen LogP contribution is -2.34. The highest BCUT2D eigenvalue weighted by molar-refractivity contribution is 5.96. The van der Waals surface area contributed by atoms with E-state index in [9.17, 15) is 14.0 Å². The number of halogens is 1. The number of benzene rings is 2. The molecular weight excluding hydrogens is 365 g/mol. The number of anilines is 2. The number of amides is 3. The van der Waals surface area contributed by atoms with E-state index in [0.29, 0.717) is 42.4 Å². The van der Waals surface area contributed by atoms with Gasteiger partial charge in [0.05, 0.1) is 14.2 Å². The van der Waals surface area contributed by atoms with Crippen molar-refractivity contribution in [2.75, 3.05) is 37.5 Å². The molecule has 1 heterocycles. The number of urea groups is 1. The lowest BCUT2D eigenvalue weighted by atomic mass is 10.1. The molecule has 1 saturated heterocycles. The van der Waals surface area contributed by atoms with Crippen molar-refractivity contribution in [3.8, 4) is 11.5 Å². The minimum absolute atomic E-state index is 0.0249. The van der Waals surface area contributed by atoms with E-state index < -0.39 is 0 Å². The highest BCUT2D eigenvalue weighted by atomic mass is 19.1. The second kappa shape index (κ2) is 8.60. The molecule has 1 atom stereocenters. The zero-order chi connectivity index (χ0) is 20.1. The summed E-state index contributed by atoms with van der Waals surface area (Å²) in [6, 6.07) is 10.5. The molecular formula is C20H22FN3O4. The molecule has 0 bridgehead atoms. The van der Waals surface area contributed by atoms with E-state index in [1.165, 1.54) is 26.4 Å². The molecule has 1 aliphatic heterocycles. The molecule has 2 aromatic rings. The normalized spacial score (nSPS) is 16.0. The van der Waals surface area contributed by atoms with Crippen LogP contribution in [0.25, 0.3) is 0 Å². The van der Waals surface area contributed by atoms with Crippen LogP contribution in [0.1, 0.15) is 6.42 Å². The van der Waals surface area contributed by atoms with Crippen molar-refractivity contribution >= 4 is 23.3 Å². The SMILES string of the molecule is COc1cc(NC(=O)NC[C@H]2CC(=O)N(c3ccc(F)cc3)C2)cc(OC)c1. The summed E-state index contributed by atoms with van der Waals surface area (Å²) in [6.45, 7) is 0.814. The Morgan fingerprint density at radius 1 is 1.14 bits per heavy atom. The van der Waals surface area contributed by atoms with Gasteiger partial charge in [0.25, 0.3) is 0 Å². The molecule has 0 radical (unpaired) electrons. The van der Waals surface area contributed by atoms with Gasteiger partial charge in [-0.15, -0.1) is 0 Å². The maximum absolute atomic E-state index is 13.1. The monoisotopic (exact) mass is 387 g/mol. The Labute approximate surface area is 162 Å². The maximum atomic E-state index is 13.1. The topological polar surface area (TPSA) is 79.9 Å². The van der Waals surface area contributed by atoms with Crippen molar-refractivity contribution in [1.29, 1.82) is 0 Å². The molecule has 1 aliphatic rings. The predicted molar refractivity (Wildman–Crippen MR) is 103 cm³/mol. The van der Waals surface area contributed by atoms with Crippen molar-refractivity contribution in [1.82, 2.24) is 5.32 Å². The molecule has 7 nitrogen and oxygen atoms in total. The third-order valence-corrected chi connectivity index (χ3v) is 4.50. The van der Waals surface area contributed by atoms with Gasteiger partial charge in [-0.05, 0) is 24.3 Å². The average Bonchev–Trinajstić information content (AvgIpc) is 3.07. The summed E-state index contributed by atoms with van der Waals surface area (Å²) >= 11 is 0. The van der Waals surface area contributed by atoms with Crippen LogP contribution in [-0.2, 0) is 4.79 Å². The molecule has 28 heavy (non-hydrogen) atoms. The van der Waals surface area contributed by atoms with Crippen LogP contribution in [0.5, 0.6) is 11.5 Å².